The predicted molar refractivity (Wildman–Crippen MR) is 129 cm³/mol. The number of benzene rings is 1. The van der Waals surface area contributed by atoms with E-state index in [0.717, 1.165) is 5.69 Å². The van der Waals surface area contributed by atoms with Gasteiger partial charge in [0.15, 0.2) is 0 Å². The minimum absolute atomic E-state index is 0.0467. The summed E-state index contributed by atoms with van der Waals surface area (Å²) >= 11 is 11.9. The van der Waals surface area contributed by atoms with Crippen LogP contribution in [-0.2, 0) is 14.3 Å². The first kappa shape index (κ1) is 28.2. The Balaban J connectivity index is 2.97. The molecular weight excluding hydrogens is 455 g/mol. The fraction of sp³-hybridized carbons (Fsp3) is 0.652. The molecule has 0 spiro atoms. The molecule has 0 heterocycles. The molecule has 0 saturated carbocycles. The zero-order chi connectivity index (χ0) is 24.4. The number of carbonyl (C=O) groups excluding carboxylic acids is 2. The maximum atomic E-state index is 12.4. The number of hydrogen-bond donors (Lipinski definition) is 1. The standard InChI is InChI=1S/C23H36Cl2N2O5/c1-22(2,3)31-20(28)15-17(26-21(29)32-23(4,5)6)16-30-19-10-8-7-9-18(19)27(13-11-24)14-12-25/h7-10,17H,11-16H2,1-6H3,(H,26,29). The van der Waals surface area contributed by atoms with E-state index >= 15 is 0 Å². The second-order valence-electron chi connectivity index (χ2n) is 9.28. The molecule has 0 aromatic heterocycles. The summed E-state index contributed by atoms with van der Waals surface area (Å²) in [7, 11) is 0. The SMILES string of the molecule is CC(C)(C)OC(=O)CC(COc1ccccc1N(CCCl)CCCl)NC(=O)OC(C)(C)C. The lowest BCUT2D eigenvalue weighted by Crippen LogP contribution is -2.44. The smallest absolute Gasteiger partial charge is 0.408 e. The van der Waals surface area contributed by atoms with Crippen LogP contribution >= 0.6 is 23.2 Å². The Morgan fingerprint density at radius 1 is 0.969 bits per heavy atom. The molecule has 0 fully saturated rings. The van der Waals surface area contributed by atoms with Crippen molar-refractivity contribution in [2.24, 2.45) is 0 Å². The van der Waals surface area contributed by atoms with Crippen molar-refractivity contribution >= 4 is 41.0 Å². The number of rotatable bonds is 11. The topological polar surface area (TPSA) is 77.1 Å². The summed E-state index contributed by atoms with van der Waals surface area (Å²) in [6.45, 7) is 11.9. The monoisotopic (exact) mass is 490 g/mol. The second-order valence-corrected chi connectivity index (χ2v) is 10.0. The van der Waals surface area contributed by atoms with Crippen molar-refractivity contribution in [1.29, 1.82) is 0 Å². The Morgan fingerprint density at radius 3 is 2.06 bits per heavy atom. The van der Waals surface area contributed by atoms with Crippen molar-refractivity contribution in [3.8, 4) is 5.75 Å². The summed E-state index contributed by atoms with van der Waals surface area (Å²) in [6, 6.07) is 6.83. The molecule has 0 saturated heterocycles. The van der Waals surface area contributed by atoms with Gasteiger partial charge in [-0.05, 0) is 53.7 Å². The quantitative estimate of drug-likeness (QED) is 0.348. The highest BCUT2D eigenvalue weighted by molar-refractivity contribution is 6.18. The Labute approximate surface area is 201 Å². The molecule has 182 valence electrons. The third-order valence-corrected chi connectivity index (χ3v) is 4.25. The van der Waals surface area contributed by atoms with E-state index in [9.17, 15) is 9.59 Å². The van der Waals surface area contributed by atoms with Crippen LogP contribution in [0, 0.1) is 0 Å². The van der Waals surface area contributed by atoms with Crippen molar-refractivity contribution in [1.82, 2.24) is 5.32 Å². The predicted octanol–water partition coefficient (Wildman–Crippen LogP) is 4.97. The van der Waals surface area contributed by atoms with E-state index < -0.39 is 29.3 Å². The lowest BCUT2D eigenvalue weighted by Gasteiger charge is -2.27. The zero-order valence-electron chi connectivity index (χ0n) is 19.9. The number of ether oxygens (including phenoxy) is 3. The second kappa shape index (κ2) is 13.0. The lowest BCUT2D eigenvalue weighted by atomic mass is 10.1. The largest absolute Gasteiger partial charge is 0.489 e. The van der Waals surface area contributed by atoms with E-state index in [4.69, 9.17) is 37.4 Å². The zero-order valence-corrected chi connectivity index (χ0v) is 21.4. The highest BCUT2D eigenvalue weighted by Gasteiger charge is 2.25. The first-order chi connectivity index (χ1) is 14.8. The van der Waals surface area contributed by atoms with Gasteiger partial charge < -0.3 is 24.4 Å². The van der Waals surface area contributed by atoms with Crippen LogP contribution in [0.4, 0.5) is 10.5 Å². The summed E-state index contributed by atoms with van der Waals surface area (Å²) in [5.74, 6) is 1.03. The van der Waals surface area contributed by atoms with E-state index in [1.807, 2.05) is 29.2 Å². The highest BCUT2D eigenvalue weighted by Crippen LogP contribution is 2.28. The average molecular weight is 491 g/mol. The van der Waals surface area contributed by atoms with Crippen LogP contribution in [0.5, 0.6) is 5.75 Å². The van der Waals surface area contributed by atoms with Gasteiger partial charge in [-0.3, -0.25) is 4.79 Å². The number of anilines is 1. The van der Waals surface area contributed by atoms with Crippen LogP contribution < -0.4 is 15.0 Å². The van der Waals surface area contributed by atoms with Crippen LogP contribution in [-0.4, -0.2) is 60.8 Å². The van der Waals surface area contributed by atoms with Crippen LogP contribution in [0.25, 0.3) is 0 Å². The Morgan fingerprint density at radius 2 is 1.53 bits per heavy atom. The summed E-state index contributed by atoms with van der Waals surface area (Å²) in [5.41, 5.74) is -0.468. The number of amides is 1. The van der Waals surface area contributed by atoms with Crippen LogP contribution in [0.1, 0.15) is 48.0 Å². The van der Waals surface area contributed by atoms with Gasteiger partial charge in [0.25, 0.3) is 0 Å². The van der Waals surface area contributed by atoms with E-state index in [2.05, 4.69) is 5.32 Å². The van der Waals surface area contributed by atoms with Crippen LogP contribution in [0.2, 0.25) is 0 Å². The van der Waals surface area contributed by atoms with Gasteiger partial charge in [0, 0.05) is 24.8 Å². The summed E-state index contributed by atoms with van der Waals surface area (Å²) in [6.07, 6.45) is -0.694. The Kier molecular flexibility index (Phi) is 11.4. The number of alkyl halides is 2. The molecule has 0 radical (unpaired) electrons. The molecular formula is C23H36Cl2N2O5. The van der Waals surface area contributed by atoms with Gasteiger partial charge in [0.05, 0.1) is 18.2 Å². The number of alkyl carbamates (subject to hydrolysis) is 1. The lowest BCUT2D eigenvalue weighted by molar-refractivity contribution is -0.155. The fourth-order valence-corrected chi connectivity index (χ4v) is 3.21. The third-order valence-electron chi connectivity index (χ3n) is 3.91. The van der Waals surface area contributed by atoms with Gasteiger partial charge in [0.1, 0.15) is 23.6 Å². The van der Waals surface area contributed by atoms with Crippen LogP contribution in [0.3, 0.4) is 0 Å². The first-order valence-corrected chi connectivity index (χ1v) is 11.7. The molecule has 9 heteroatoms. The first-order valence-electron chi connectivity index (χ1n) is 10.6. The van der Waals surface area contributed by atoms with Gasteiger partial charge >= 0.3 is 12.1 Å². The minimum atomic E-state index is -0.669. The minimum Gasteiger partial charge on any atom is -0.489 e. The highest BCUT2D eigenvalue weighted by atomic mass is 35.5. The maximum absolute atomic E-state index is 12.4. The fourth-order valence-electron chi connectivity index (χ4n) is 2.80. The summed E-state index contributed by atoms with van der Waals surface area (Å²) in [5, 5.41) is 2.72. The third kappa shape index (κ3) is 11.7. The molecule has 32 heavy (non-hydrogen) atoms. The molecule has 7 nitrogen and oxygen atoms in total. The number of halogens is 2. The average Bonchev–Trinajstić information content (AvgIpc) is 2.63. The van der Waals surface area contributed by atoms with Gasteiger partial charge in [-0.2, -0.15) is 0 Å². The van der Waals surface area contributed by atoms with E-state index in [1.54, 1.807) is 41.5 Å². The molecule has 0 bridgehead atoms. The molecule has 1 aromatic carbocycles. The Hall–Kier alpha value is -1.86. The van der Waals surface area contributed by atoms with E-state index in [1.165, 1.54) is 0 Å². The van der Waals surface area contributed by atoms with Gasteiger partial charge in [-0.25, -0.2) is 4.79 Å². The van der Waals surface area contributed by atoms with Gasteiger partial charge in [0.2, 0.25) is 0 Å². The van der Waals surface area contributed by atoms with Gasteiger partial charge in [-0.1, -0.05) is 12.1 Å². The summed E-state index contributed by atoms with van der Waals surface area (Å²) in [4.78, 5) is 26.7. The molecule has 1 unspecified atom stereocenters. The van der Waals surface area contributed by atoms with Crippen molar-refractivity contribution in [3.63, 3.8) is 0 Å². The van der Waals surface area contributed by atoms with Crippen molar-refractivity contribution in [2.75, 3.05) is 36.4 Å². The number of esters is 1. The number of para-hydroxylation sites is 2. The summed E-state index contributed by atoms with van der Waals surface area (Å²) < 4.78 is 16.8. The van der Waals surface area contributed by atoms with Crippen molar-refractivity contribution < 1.29 is 23.8 Å². The number of carbonyl (C=O) groups is 2. The number of hydrogen-bond acceptors (Lipinski definition) is 6. The maximum Gasteiger partial charge on any atom is 0.408 e. The molecule has 0 aliphatic rings. The molecule has 1 rings (SSSR count). The van der Waals surface area contributed by atoms with E-state index in [-0.39, 0.29) is 13.0 Å². The van der Waals surface area contributed by atoms with E-state index in [0.29, 0.717) is 30.6 Å². The number of nitrogens with zero attached hydrogens (tertiary/aromatic N) is 1. The molecule has 1 N–H and O–H groups in total. The number of nitrogens with one attached hydrogen (secondary N) is 1. The molecule has 1 amide bonds. The molecule has 0 aliphatic carbocycles. The van der Waals surface area contributed by atoms with Crippen molar-refractivity contribution in [2.45, 2.75) is 65.2 Å². The normalized spacial score (nSPS) is 12.6. The van der Waals surface area contributed by atoms with Crippen LogP contribution in [0.15, 0.2) is 24.3 Å². The molecule has 1 aromatic rings. The van der Waals surface area contributed by atoms with Gasteiger partial charge in [-0.15, -0.1) is 23.2 Å². The van der Waals surface area contributed by atoms with Crippen molar-refractivity contribution in [3.05, 3.63) is 24.3 Å². The molecule has 1 atom stereocenters. The molecule has 0 aliphatic heterocycles. The Bertz CT molecular complexity index is 696.